The van der Waals surface area contributed by atoms with Crippen LogP contribution in [0.2, 0.25) is 0 Å². The minimum atomic E-state index is 0.379. The average molecular weight is 325 g/mol. The number of nitrogens with zero attached hydrogens (tertiary/aromatic N) is 3. The van der Waals surface area contributed by atoms with Crippen LogP contribution in [0, 0.1) is 5.92 Å². The van der Waals surface area contributed by atoms with Gasteiger partial charge in [-0.2, -0.15) is 0 Å². The first-order valence-corrected chi connectivity index (χ1v) is 8.44. The molecule has 3 heterocycles. The van der Waals surface area contributed by atoms with Gasteiger partial charge in [0.05, 0.1) is 18.0 Å². The number of rotatable bonds is 8. The van der Waals surface area contributed by atoms with Crippen LogP contribution in [-0.4, -0.2) is 32.9 Å². The molecule has 0 fully saturated rings. The molecule has 0 radical (unpaired) electrons. The third-order valence-corrected chi connectivity index (χ3v) is 4.33. The molecule has 3 aromatic rings. The second-order valence-corrected chi connectivity index (χ2v) is 6.56. The lowest BCUT2D eigenvalue weighted by Crippen LogP contribution is -2.14. The van der Waals surface area contributed by atoms with Crippen LogP contribution in [-0.2, 0) is 4.79 Å². The molecule has 0 saturated heterocycles. The molecule has 0 aromatic carbocycles. The number of nitrogens with one attached hydrogen (secondary N) is 2. The Morgan fingerprint density at radius 3 is 2.96 bits per heavy atom. The van der Waals surface area contributed by atoms with Gasteiger partial charge in [0.15, 0.2) is 5.65 Å². The summed E-state index contributed by atoms with van der Waals surface area (Å²) in [5, 5.41) is 4.92. The molecule has 0 saturated carbocycles. The van der Waals surface area contributed by atoms with E-state index in [0.29, 0.717) is 18.4 Å². The Bertz CT molecular complexity index is 827. The van der Waals surface area contributed by atoms with E-state index in [-0.39, 0.29) is 0 Å². The molecule has 2 N–H and O–H groups in total. The molecule has 0 aliphatic carbocycles. The second-order valence-electron chi connectivity index (χ2n) is 6.56. The summed E-state index contributed by atoms with van der Waals surface area (Å²) >= 11 is 0. The Balaban J connectivity index is 2.02. The summed E-state index contributed by atoms with van der Waals surface area (Å²) in [6.45, 7) is 5.18. The quantitative estimate of drug-likeness (QED) is 0.492. The van der Waals surface area contributed by atoms with Crippen molar-refractivity contribution in [3.05, 3.63) is 30.5 Å². The molecule has 0 spiro atoms. The molecule has 1 atom stereocenters. The van der Waals surface area contributed by atoms with E-state index in [0.717, 1.165) is 47.6 Å². The Morgan fingerprint density at radius 1 is 1.29 bits per heavy atom. The normalized spacial score (nSPS) is 12.8. The maximum absolute atomic E-state index is 10.4. The number of fused-ring (bicyclic) bond motifs is 3. The highest BCUT2D eigenvalue weighted by Crippen LogP contribution is 2.34. The standard InChI is InChI=1S/C18H23N5O/c1-12(2)8-13(4-3-6-19-11-24)17-16-14-5-7-20-18(14)21-9-15(16)22-10-23-17/h5,7,9-13H,3-4,6,8H2,1-2H3,(H,19,24)(H,22,23). The highest BCUT2D eigenvalue weighted by molar-refractivity contribution is 6.04. The predicted molar refractivity (Wildman–Crippen MR) is 94.7 cm³/mol. The van der Waals surface area contributed by atoms with E-state index in [1.807, 2.05) is 6.07 Å². The lowest BCUT2D eigenvalue weighted by molar-refractivity contribution is -0.109. The van der Waals surface area contributed by atoms with Crippen LogP contribution in [0.1, 0.15) is 44.7 Å². The number of aromatic amines is 1. The number of H-pyrrole nitrogens is 1. The first-order chi connectivity index (χ1) is 11.7. The van der Waals surface area contributed by atoms with Gasteiger partial charge in [0.25, 0.3) is 0 Å². The molecule has 0 aliphatic rings. The molecule has 6 nitrogen and oxygen atoms in total. The Hall–Kier alpha value is -2.50. The third kappa shape index (κ3) is 3.37. The minimum absolute atomic E-state index is 0.379. The van der Waals surface area contributed by atoms with Gasteiger partial charge in [-0.05, 0) is 31.2 Å². The van der Waals surface area contributed by atoms with Gasteiger partial charge in [0.2, 0.25) is 6.41 Å². The van der Waals surface area contributed by atoms with Gasteiger partial charge < -0.3 is 10.3 Å². The van der Waals surface area contributed by atoms with E-state index in [1.54, 1.807) is 18.7 Å². The number of pyridine rings is 1. The number of hydrogen-bond acceptors (Lipinski definition) is 4. The molecule has 3 rings (SSSR count). The Morgan fingerprint density at radius 2 is 2.17 bits per heavy atom. The Kier molecular flexibility index (Phi) is 5.03. The van der Waals surface area contributed by atoms with E-state index >= 15 is 0 Å². The minimum Gasteiger partial charge on any atom is -0.359 e. The molecule has 0 aliphatic heterocycles. The molecule has 1 amide bonds. The third-order valence-electron chi connectivity index (χ3n) is 4.33. The van der Waals surface area contributed by atoms with Crippen LogP contribution in [0.25, 0.3) is 21.9 Å². The highest BCUT2D eigenvalue weighted by Gasteiger charge is 2.19. The van der Waals surface area contributed by atoms with Crippen molar-refractivity contribution < 1.29 is 4.79 Å². The summed E-state index contributed by atoms with van der Waals surface area (Å²) in [5.74, 6) is 0.963. The summed E-state index contributed by atoms with van der Waals surface area (Å²) in [6.07, 6.45) is 9.12. The first-order valence-electron chi connectivity index (χ1n) is 8.44. The van der Waals surface area contributed by atoms with Gasteiger partial charge in [-0.3, -0.25) is 4.79 Å². The van der Waals surface area contributed by atoms with Crippen molar-refractivity contribution in [2.24, 2.45) is 5.92 Å². The number of hydrogen-bond donors (Lipinski definition) is 2. The van der Waals surface area contributed by atoms with Gasteiger partial charge in [0, 0.05) is 35.1 Å². The summed E-state index contributed by atoms with van der Waals surface area (Å²) in [5.41, 5.74) is 2.85. The average Bonchev–Trinajstić information content (AvgIpc) is 3.05. The zero-order chi connectivity index (χ0) is 16.9. The van der Waals surface area contributed by atoms with Gasteiger partial charge in [-0.25, -0.2) is 15.0 Å². The molecule has 6 heteroatoms. The van der Waals surface area contributed by atoms with Gasteiger partial charge in [-0.15, -0.1) is 0 Å². The fourth-order valence-electron chi connectivity index (χ4n) is 3.35. The molecule has 126 valence electrons. The smallest absolute Gasteiger partial charge is 0.207 e. The number of aromatic nitrogens is 4. The summed E-state index contributed by atoms with van der Waals surface area (Å²) < 4.78 is 0. The van der Waals surface area contributed by atoms with Gasteiger partial charge >= 0.3 is 0 Å². The fourth-order valence-corrected chi connectivity index (χ4v) is 3.35. The van der Waals surface area contributed by atoms with Crippen molar-refractivity contribution in [1.82, 2.24) is 25.3 Å². The van der Waals surface area contributed by atoms with Crippen molar-refractivity contribution in [2.75, 3.05) is 6.54 Å². The molecule has 24 heavy (non-hydrogen) atoms. The summed E-state index contributed by atoms with van der Waals surface area (Å²) in [6, 6.07) is 2.00. The van der Waals surface area contributed by atoms with Gasteiger partial charge in [-0.1, -0.05) is 13.8 Å². The molecule has 0 bridgehead atoms. The summed E-state index contributed by atoms with van der Waals surface area (Å²) in [7, 11) is 0. The van der Waals surface area contributed by atoms with E-state index in [9.17, 15) is 4.79 Å². The second kappa shape index (κ2) is 7.38. The predicted octanol–water partition coefficient (Wildman–Crippen LogP) is 3.16. The van der Waals surface area contributed by atoms with Crippen LogP contribution in [0.3, 0.4) is 0 Å². The summed E-state index contributed by atoms with van der Waals surface area (Å²) in [4.78, 5) is 27.0. The number of amides is 1. The first kappa shape index (κ1) is 16.4. The van der Waals surface area contributed by atoms with Crippen LogP contribution < -0.4 is 5.32 Å². The highest BCUT2D eigenvalue weighted by atomic mass is 16.1. The van der Waals surface area contributed by atoms with E-state index in [2.05, 4.69) is 39.1 Å². The largest absolute Gasteiger partial charge is 0.359 e. The number of carbonyl (C=O) groups is 1. The zero-order valence-corrected chi connectivity index (χ0v) is 14.1. The van der Waals surface area contributed by atoms with Crippen LogP contribution >= 0.6 is 0 Å². The topological polar surface area (TPSA) is 83.6 Å². The van der Waals surface area contributed by atoms with Crippen molar-refractivity contribution in [3.63, 3.8) is 0 Å². The zero-order valence-electron chi connectivity index (χ0n) is 14.1. The van der Waals surface area contributed by atoms with Crippen LogP contribution in [0.15, 0.2) is 24.8 Å². The molecule has 1 unspecified atom stereocenters. The van der Waals surface area contributed by atoms with E-state index in [4.69, 9.17) is 0 Å². The van der Waals surface area contributed by atoms with E-state index in [1.165, 1.54) is 5.69 Å². The van der Waals surface area contributed by atoms with Gasteiger partial charge in [0.1, 0.15) is 0 Å². The molecular weight excluding hydrogens is 302 g/mol. The van der Waals surface area contributed by atoms with Crippen molar-refractivity contribution in [3.8, 4) is 0 Å². The lowest BCUT2D eigenvalue weighted by atomic mass is 9.88. The van der Waals surface area contributed by atoms with Crippen LogP contribution in [0.5, 0.6) is 0 Å². The molecular formula is C18H23N5O. The van der Waals surface area contributed by atoms with Crippen LogP contribution in [0.4, 0.5) is 0 Å². The van der Waals surface area contributed by atoms with Crippen molar-refractivity contribution in [1.29, 1.82) is 0 Å². The fraction of sp³-hybridized carbons (Fsp3) is 0.444. The maximum atomic E-state index is 10.4. The Labute approximate surface area is 141 Å². The maximum Gasteiger partial charge on any atom is 0.207 e. The SMILES string of the molecule is CC(C)CC(CCCNC=O)c1[nH]cnc2cnc3nccc3c12. The lowest BCUT2D eigenvalue weighted by Gasteiger charge is -2.21. The monoisotopic (exact) mass is 325 g/mol. The molecule has 3 aromatic heterocycles. The van der Waals surface area contributed by atoms with Crippen molar-refractivity contribution >= 4 is 28.3 Å². The van der Waals surface area contributed by atoms with Crippen molar-refractivity contribution in [2.45, 2.75) is 39.0 Å². The van der Waals surface area contributed by atoms with E-state index < -0.39 is 0 Å². The number of carbonyl (C=O) groups excluding carboxylic acids is 1.